The van der Waals surface area contributed by atoms with E-state index < -0.39 is 0 Å². The molecule has 7 heteroatoms. The van der Waals surface area contributed by atoms with Gasteiger partial charge in [0.15, 0.2) is 5.65 Å². The van der Waals surface area contributed by atoms with Gasteiger partial charge < -0.3 is 15.2 Å². The molecule has 0 aromatic carbocycles. The number of pyridine rings is 2. The molecule has 0 aliphatic carbocycles. The van der Waals surface area contributed by atoms with Crippen molar-refractivity contribution in [2.45, 2.75) is 59.9 Å². The van der Waals surface area contributed by atoms with Gasteiger partial charge in [-0.25, -0.2) is 14.5 Å². The Labute approximate surface area is 195 Å². The molecule has 2 N–H and O–H groups in total. The summed E-state index contributed by atoms with van der Waals surface area (Å²) in [7, 11) is 0. The zero-order valence-corrected chi connectivity index (χ0v) is 20.6. The van der Waals surface area contributed by atoms with E-state index in [0.29, 0.717) is 17.9 Å². The normalized spacial score (nSPS) is 17.2. The largest absolute Gasteiger partial charge is 0.354 e. The minimum Gasteiger partial charge on any atom is -0.354 e. The number of fused-ring (bicyclic) bond motifs is 2. The Hall–Kier alpha value is -2.93. The van der Waals surface area contributed by atoms with Crippen molar-refractivity contribution in [1.29, 1.82) is 0 Å². The summed E-state index contributed by atoms with van der Waals surface area (Å²) < 4.78 is 1.88. The highest BCUT2D eigenvalue weighted by atomic mass is 15.3. The minimum absolute atomic E-state index is 0.333. The lowest BCUT2D eigenvalue weighted by atomic mass is 9.95. The predicted octanol–water partition coefficient (Wildman–Crippen LogP) is 4.84. The van der Waals surface area contributed by atoms with Crippen LogP contribution < -0.4 is 10.2 Å². The van der Waals surface area contributed by atoms with Crippen LogP contribution in [0, 0.1) is 19.8 Å². The van der Waals surface area contributed by atoms with Gasteiger partial charge in [-0.3, -0.25) is 0 Å². The number of nitrogens with one attached hydrogen (secondary N) is 2. The molecule has 33 heavy (non-hydrogen) atoms. The highest BCUT2D eigenvalue weighted by Crippen LogP contribution is 2.38. The quantitative estimate of drug-likeness (QED) is 0.460. The van der Waals surface area contributed by atoms with Crippen molar-refractivity contribution in [2.75, 3.05) is 24.5 Å². The van der Waals surface area contributed by atoms with Gasteiger partial charge in [0.1, 0.15) is 12.1 Å². The zero-order chi connectivity index (χ0) is 23.3. The first-order chi connectivity index (χ1) is 15.8. The van der Waals surface area contributed by atoms with E-state index in [1.165, 1.54) is 17.5 Å². The zero-order valence-electron chi connectivity index (χ0n) is 20.6. The number of aryl methyl sites for hydroxylation is 1. The summed E-state index contributed by atoms with van der Waals surface area (Å²) >= 11 is 0. The monoisotopic (exact) mass is 445 g/mol. The Bertz CT molecular complexity index is 1300. The number of hydrogen-bond acceptors (Lipinski definition) is 5. The molecule has 0 saturated carbocycles. The molecule has 1 aliphatic heterocycles. The van der Waals surface area contributed by atoms with Crippen molar-refractivity contribution in [1.82, 2.24) is 29.9 Å². The smallest absolute Gasteiger partial charge is 0.158 e. The van der Waals surface area contributed by atoms with Crippen molar-refractivity contribution in [2.24, 2.45) is 5.92 Å². The van der Waals surface area contributed by atoms with E-state index in [1.807, 2.05) is 4.52 Å². The summed E-state index contributed by atoms with van der Waals surface area (Å²) in [5.41, 5.74) is 9.02. The molecule has 174 valence electrons. The Morgan fingerprint density at radius 1 is 1.12 bits per heavy atom. The summed E-state index contributed by atoms with van der Waals surface area (Å²) in [5, 5.41) is 8.08. The Morgan fingerprint density at radius 3 is 2.70 bits per heavy atom. The maximum absolute atomic E-state index is 5.22. The molecule has 1 saturated heterocycles. The van der Waals surface area contributed by atoms with Gasteiger partial charge in [0.2, 0.25) is 0 Å². The first kappa shape index (κ1) is 21.9. The number of aromatic nitrogens is 5. The molecular formula is C26H35N7. The van der Waals surface area contributed by atoms with Gasteiger partial charge in [0.25, 0.3) is 0 Å². The Kier molecular flexibility index (Phi) is 5.60. The van der Waals surface area contributed by atoms with Crippen LogP contribution in [0.25, 0.3) is 27.9 Å². The average Bonchev–Trinajstić information content (AvgIpc) is 3.40. The Morgan fingerprint density at radius 2 is 1.94 bits per heavy atom. The van der Waals surface area contributed by atoms with Crippen molar-refractivity contribution in [3.8, 4) is 11.3 Å². The maximum atomic E-state index is 5.22. The lowest BCUT2D eigenvalue weighted by Crippen LogP contribution is -2.51. The summed E-state index contributed by atoms with van der Waals surface area (Å²) in [5.74, 6) is 2.09. The van der Waals surface area contributed by atoms with E-state index in [1.54, 1.807) is 6.33 Å². The maximum Gasteiger partial charge on any atom is 0.158 e. The molecule has 4 aromatic rings. The molecule has 1 fully saturated rings. The summed E-state index contributed by atoms with van der Waals surface area (Å²) in [6, 6.07) is 4.88. The van der Waals surface area contributed by atoms with Crippen LogP contribution in [0.4, 0.5) is 5.82 Å². The fraction of sp³-hybridized carbons (Fsp3) is 0.500. The Balaban J connectivity index is 1.60. The fourth-order valence-electron chi connectivity index (χ4n) is 5.24. The third-order valence-corrected chi connectivity index (χ3v) is 6.97. The molecule has 1 aliphatic rings. The second-order valence-corrected chi connectivity index (χ2v) is 10.2. The van der Waals surface area contributed by atoms with E-state index in [2.05, 4.69) is 85.2 Å². The number of piperazine rings is 1. The standard InChI is InChI=1S/C26H35N7/c1-15(2)11-19-12-32(10-9-27-19)22-8-7-21-25(31-22)23(16(3)4)24(30-21)20-13-33-26(28-14-29-33)18(6)17(20)5/h7-8,13-16,19,27,30H,9-12H2,1-6H3/t19-/m0/s1. The van der Waals surface area contributed by atoms with Gasteiger partial charge in [-0.05, 0) is 55.4 Å². The summed E-state index contributed by atoms with van der Waals surface area (Å²) in [6.45, 7) is 16.4. The molecule has 7 nitrogen and oxygen atoms in total. The molecule has 0 amide bonds. The minimum atomic E-state index is 0.333. The number of anilines is 1. The lowest BCUT2D eigenvalue weighted by molar-refractivity contribution is 0.387. The summed E-state index contributed by atoms with van der Waals surface area (Å²) in [6.07, 6.45) is 4.90. The SMILES string of the molecule is Cc1c(-c2[nH]c3ccc(N4CCN[C@@H](CC(C)C)C4)nc3c2C(C)C)cn2ncnc2c1C. The van der Waals surface area contributed by atoms with Crippen molar-refractivity contribution < 1.29 is 0 Å². The molecule has 0 spiro atoms. The average molecular weight is 446 g/mol. The van der Waals surface area contributed by atoms with Crippen LogP contribution in [0.2, 0.25) is 0 Å². The fourth-order valence-corrected chi connectivity index (χ4v) is 5.24. The summed E-state index contributed by atoms with van der Waals surface area (Å²) in [4.78, 5) is 15.8. The third kappa shape index (κ3) is 3.88. The first-order valence-electron chi connectivity index (χ1n) is 12.1. The first-order valence-corrected chi connectivity index (χ1v) is 12.1. The molecular weight excluding hydrogens is 410 g/mol. The molecule has 4 aromatic heterocycles. The van der Waals surface area contributed by atoms with E-state index in [-0.39, 0.29) is 0 Å². The molecule has 0 unspecified atom stereocenters. The van der Waals surface area contributed by atoms with E-state index >= 15 is 0 Å². The molecule has 0 bridgehead atoms. The van der Waals surface area contributed by atoms with Crippen LogP contribution in [-0.2, 0) is 0 Å². The van der Waals surface area contributed by atoms with Crippen molar-refractivity contribution >= 4 is 22.5 Å². The van der Waals surface area contributed by atoms with Crippen LogP contribution in [-0.4, -0.2) is 50.2 Å². The van der Waals surface area contributed by atoms with Crippen LogP contribution in [0.5, 0.6) is 0 Å². The number of hydrogen-bond donors (Lipinski definition) is 2. The van der Waals surface area contributed by atoms with Crippen LogP contribution in [0.15, 0.2) is 24.7 Å². The van der Waals surface area contributed by atoms with Crippen LogP contribution in [0.1, 0.15) is 56.7 Å². The molecule has 5 rings (SSSR count). The van der Waals surface area contributed by atoms with E-state index in [0.717, 1.165) is 59.0 Å². The van der Waals surface area contributed by atoms with E-state index in [9.17, 15) is 0 Å². The highest BCUT2D eigenvalue weighted by Gasteiger charge is 2.24. The predicted molar refractivity (Wildman–Crippen MR) is 135 cm³/mol. The second kappa shape index (κ2) is 8.45. The molecule has 5 heterocycles. The van der Waals surface area contributed by atoms with Crippen molar-refractivity contribution in [3.63, 3.8) is 0 Å². The van der Waals surface area contributed by atoms with Gasteiger partial charge in [0.05, 0.1) is 16.7 Å². The van der Waals surface area contributed by atoms with Gasteiger partial charge >= 0.3 is 0 Å². The number of aromatic amines is 1. The topological polar surface area (TPSA) is 74.1 Å². The van der Waals surface area contributed by atoms with E-state index in [4.69, 9.17) is 4.98 Å². The molecule has 1 atom stereocenters. The van der Waals surface area contributed by atoms with Crippen LogP contribution in [0.3, 0.4) is 0 Å². The van der Waals surface area contributed by atoms with Crippen molar-refractivity contribution in [3.05, 3.63) is 41.3 Å². The molecule has 0 radical (unpaired) electrons. The van der Waals surface area contributed by atoms with Gasteiger partial charge in [-0.2, -0.15) is 5.10 Å². The second-order valence-electron chi connectivity index (χ2n) is 10.2. The third-order valence-electron chi connectivity index (χ3n) is 6.97. The van der Waals surface area contributed by atoms with Gasteiger partial charge in [-0.15, -0.1) is 0 Å². The van der Waals surface area contributed by atoms with Gasteiger partial charge in [0, 0.05) is 43.0 Å². The van der Waals surface area contributed by atoms with Gasteiger partial charge in [-0.1, -0.05) is 27.7 Å². The lowest BCUT2D eigenvalue weighted by Gasteiger charge is -2.35. The number of rotatable bonds is 5. The van der Waals surface area contributed by atoms with Crippen LogP contribution >= 0.6 is 0 Å². The number of nitrogens with zero attached hydrogens (tertiary/aromatic N) is 5. The highest BCUT2D eigenvalue weighted by molar-refractivity contribution is 5.90. The number of H-pyrrole nitrogens is 1.